The first-order valence-corrected chi connectivity index (χ1v) is 10.1. The predicted octanol–water partition coefficient (Wildman–Crippen LogP) is 3.45. The number of carbonyl (C=O) groups is 2. The summed E-state index contributed by atoms with van der Waals surface area (Å²) in [5.41, 5.74) is -0.0296. The first-order valence-electron chi connectivity index (χ1n) is 9.76. The number of carbonyl (C=O) groups excluding carboxylic acids is 2. The van der Waals surface area contributed by atoms with Crippen LogP contribution in [-0.2, 0) is 16.1 Å². The minimum absolute atomic E-state index is 0.0256. The minimum Gasteiger partial charge on any atom is -0.478 e. The van der Waals surface area contributed by atoms with E-state index in [0.717, 1.165) is 5.56 Å². The summed E-state index contributed by atoms with van der Waals surface area (Å²) in [6, 6.07) is 10.7. The van der Waals surface area contributed by atoms with Crippen LogP contribution in [0.4, 0.5) is 0 Å². The number of hydrogen-bond donors (Lipinski definition) is 1. The zero-order valence-corrected chi connectivity index (χ0v) is 17.5. The molecule has 2 amide bonds. The number of ether oxygens (including phenoxy) is 1. The lowest BCUT2D eigenvalue weighted by Gasteiger charge is -2.36. The molecule has 0 saturated carbocycles. The first-order chi connectivity index (χ1) is 13.8. The summed E-state index contributed by atoms with van der Waals surface area (Å²) in [5.74, 6) is 0.452. The molecule has 0 spiro atoms. The monoisotopic (exact) mass is 415 g/mol. The highest BCUT2D eigenvalue weighted by Crippen LogP contribution is 2.25. The number of hydrogen-bond acceptors (Lipinski definition) is 4. The van der Waals surface area contributed by atoms with Crippen molar-refractivity contribution in [1.82, 2.24) is 15.2 Å². The molecule has 1 aromatic carbocycles. The van der Waals surface area contributed by atoms with E-state index in [1.807, 2.05) is 12.1 Å². The Morgan fingerprint density at radius 2 is 1.90 bits per heavy atom. The third-order valence-corrected chi connectivity index (χ3v) is 5.30. The van der Waals surface area contributed by atoms with Crippen LogP contribution in [0, 0.1) is 5.92 Å². The third-order valence-electron chi connectivity index (χ3n) is 5.04. The van der Waals surface area contributed by atoms with Crippen molar-refractivity contribution in [1.29, 1.82) is 0 Å². The maximum atomic E-state index is 12.9. The second-order valence-electron chi connectivity index (χ2n) is 7.71. The van der Waals surface area contributed by atoms with Crippen molar-refractivity contribution in [2.75, 3.05) is 13.1 Å². The van der Waals surface area contributed by atoms with Gasteiger partial charge in [0.1, 0.15) is 5.75 Å². The second-order valence-corrected chi connectivity index (χ2v) is 8.15. The number of nitrogens with zero attached hydrogens (tertiary/aromatic N) is 2. The van der Waals surface area contributed by atoms with Crippen LogP contribution in [0.2, 0.25) is 5.02 Å². The lowest BCUT2D eigenvalue weighted by Crippen LogP contribution is -2.52. The van der Waals surface area contributed by atoms with E-state index in [9.17, 15) is 9.59 Å². The summed E-state index contributed by atoms with van der Waals surface area (Å²) in [7, 11) is 0. The molecule has 1 aliphatic heterocycles. The van der Waals surface area contributed by atoms with Crippen LogP contribution < -0.4 is 10.1 Å². The van der Waals surface area contributed by atoms with Gasteiger partial charge in [-0.05, 0) is 62.6 Å². The molecular formula is C22H26ClN3O3. The standard InChI is InChI=1S/C22H26ClN3O3/c1-22(2,29-19-7-5-18(23)6-8-19)21(28)26-12-9-17(10-13-26)20(27)25-15-16-4-3-11-24-14-16/h3-8,11,14,17H,9-10,12-13,15H2,1-2H3,(H,25,27). The number of rotatable bonds is 6. The average Bonchev–Trinajstić information content (AvgIpc) is 2.74. The zero-order chi connectivity index (χ0) is 20.9. The maximum absolute atomic E-state index is 12.9. The normalized spacial score (nSPS) is 15.1. The van der Waals surface area contributed by atoms with Gasteiger partial charge in [0, 0.05) is 43.0 Å². The van der Waals surface area contributed by atoms with E-state index in [1.165, 1.54) is 0 Å². The maximum Gasteiger partial charge on any atom is 0.266 e. The predicted molar refractivity (Wildman–Crippen MR) is 112 cm³/mol. The van der Waals surface area contributed by atoms with Crippen molar-refractivity contribution in [3.63, 3.8) is 0 Å². The second kappa shape index (κ2) is 9.27. The first kappa shape index (κ1) is 21.1. The molecule has 6 nitrogen and oxygen atoms in total. The lowest BCUT2D eigenvalue weighted by molar-refractivity contribution is -0.148. The Balaban J connectivity index is 1.49. The molecule has 0 radical (unpaired) electrons. The summed E-state index contributed by atoms with van der Waals surface area (Å²) >= 11 is 5.90. The number of amides is 2. The van der Waals surface area contributed by atoms with Crippen molar-refractivity contribution in [3.05, 3.63) is 59.4 Å². The van der Waals surface area contributed by atoms with Crippen LogP contribution >= 0.6 is 11.6 Å². The third kappa shape index (κ3) is 5.70. The Hall–Kier alpha value is -2.60. The van der Waals surface area contributed by atoms with Crippen LogP contribution in [0.5, 0.6) is 5.75 Å². The Morgan fingerprint density at radius 3 is 2.52 bits per heavy atom. The molecule has 1 aromatic heterocycles. The fourth-order valence-corrected chi connectivity index (χ4v) is 3.53. The van der Waals surface area contributed by atoms with Gasteiger partial charge in [0.15, 0.2) is 5.60 Å². The molecule has 0 atom stereocenters. The Morgan fingerprint density at radius 1 is 1.21 bits per heavy atom. The average molecular weight is 416 g/mol. The van der Waals surface area contributed by atoms with Gasteiger partial charge in [-0.3, -0.25) is 14.6 Å². The summed E-state index contributed by atoms with van der Waals surface area (Å²) in [5, 5.41) is 3.58. The van der Waals surface area contributed by atoms with Crippen LogP contribution in [0.1, 0.15) is 32.3 Å². The Kier molecular flexibility index (Phi) is 6.75. The number of benzene rings is 1. The van der Waals surface area contributed by atoms with Crippen molar-refractivity contribution >= 4 is 23.4 Å². The fourth-order valence-electron chi connectivity index (χ4n) is 3.40. The van der Waals surface area contributed by atoms with E-state index in [2.05, 4.69) is 10.3 Å². The van der Waals surface area contributed by atoms with Crippen molar-refractivity contribution in [3.8, 4) is 5.75 Å². The summed E-state index contributed by atoms with van der Waals surface area (Å²) in [6.45, 7) is 5.06. The van der Waals surface area contributed by atoms with Crippen LogP contribution in [0.3, 0.4) is 0 Å². The molecule has 1 saturated heterocycles. The van der Waals surface area contributed by atoms with Gasteiger partial charge in [-0.1, -0.05) is 17.7 Å². The van der Waals surface area contributed by atoms with Gasteiger partial charge in [0.2, 0.25) is 5.91 Å². The number of nitrogens with one attached hydrogen (secondary N) is 1. The Bertz CT molecular complexity index is 832. The molecule has 154 valence electrons. The summed E-state index contributed by atoms with van der Waals surface area (Å²) in [4.78, 5) is 31.2. The molecule has 2 aromatic rings. The molecule has 7 heteroatoms. The van der Waals surface area contributed by atoms with Crippen LogP contribution in [0.25, 0.3) is 0 Å². The number of likely N-dealkylation sites (tertiary alicyclic amines) is 1. The molecule has 1 fully saturated rings. The van der Waals surface area contributed by atoms with E-state index in [4.69, 9.17) is 16.3 Å². The van der Waals surface area contributed by atoms with E-state index < -0.39 is 5.60 Å². The van der Waals surface area contributed by atoms with Crippen molar-refractivity contribution < 1.29 is 14.3 Å². The SMILES string of the molecule is CC(C)(Oc1ccc(Cl)cc1)C(=O)N1CCC(C(=O)NCc2cccnc2)CC1. The van der Waals surface area contributed by atoms with Gasteiger partial charge in [0.25, 0.3) is 5.91 Å². The highest BCUT2D eigenvalue weighted by molar-refractivity contribution is 6.30. The van der Waals surface area contributed by atoms with E-state index in [-0.39, 0.29) is 17.7 Å². The summed E-state index contributed by atoms with van der Waals surface area (Å²) < 4.78 is 5.90. The van der Waals surface area contributed by atoms with Gasteiger partial charge in [-0.2, -0.15) is 0 Å². The molecule has 1 aliphatic rings. The summed E-state index contributed by atoms with van der Waals surface area (Å²) in [6.07, 6.45) is 4.73. The number of halogens is 1. The molecule has 1 N–H and O–H groups in total. The molecule has 0 unspecified atom stereocenters. The Labute approximate surface area is 176 Å². The molecule has 2 heterocycles. The number of pyridine rings is 1. The smallest absolute Gasteiger partial charge is 0.266 e. The molecule has 0 aliphatic carbocycles. The van der Waals surface area contributed by atoms with Gasteiger partial charge in [0.05, 0.1) is 0 Å². The van der Waals surface area contributed by atoms with E-state index in [0.29, 0.717) is 43.2 Å². The highest BCUT2D eigenvalue weighted by Gasteiger charge is 2.37. The highest BCUT2D eigenvalue weighted by atomic mass is 35.5. The molecular weight excluding hydrogens is 390 g/mol. The van der Waals surface area contributed by atoms with Gasteiger partial charge in [-0.25, -0.2) is 0 Å². The van der Waals surface area contributed by atoms with Gasteiger partial charge >= 0.3 is 0 Å². The van der Waals surface area contributed by atoms with E-state index in [1.54, 1.807) is 55.4 Å². The zero-order valence-electron chi connectivity index (χ0n) is 16.7. The van der Waals surface area contributed by atoms with Gasteiger partial charge < -0.3 is 15.0 Å². The van der Waals surface area contributed by atoms with Crippen LogP contribution in [0.15, 0.2) is 48.8 Å². The number of aromatic nitrogens is 1. The quantitative estimate of drug-likeness (QED) is 0.784. The van der Waals surface area contributed by atoms with Crippen molar-refractivity contribution in [2.45, 2.75) is 38.8 Å². The lowest BCUT2D eigenvalue weighted by atomic mass is 9.94. The molecule has 0 bridgehead atoms. The minimum atomic E-state index is -0.997. The topological polar surface area (TPSA) is 71.5 Å². The largest absolute Gasteiger partial charge is 0.478 e. The molecule has 3 rings (SSSR count). The van der Waals surface area contributed by atoms with Crippen molar-refractivity contribution in [2.24, 2.45) is 5.92 Å². The molecule has 29 heavy (non-hydrogen) atoms. The number of piperidine rings is 1. The van der Waals surface area contributed by atoms with Crippen LogP contribution in [-0.4, -0.2) is 40.4 Å². The fraction of sp³-hybridized carbons (Fsp3) is 0.409. The van der Waals surface area contributed by atoms with E-state index >= 15 is 0 Å². The van der Waals surface area contributed by atoms with Gasteiger partial charge in [-0.15, -0.1) is 0 Å².